The fraction of sp³-hybridized carbons (Fsp3) is 0.231. The minimum Gasteiger partial charge on any atom is -0.340 e. The van der Waals surface area contributed by atoms with Crippen molar-refractivity contribution in [1.82, 2.24) is 9.97 Å². The van der Waals surface area contributed by atoms with Gasteiger partial charge in [0.2, 0.25) is 0 Å². The number of hydrogen-bond donors (Lipinski definition) is 1. The van der Waals surface area contributed by atoms with Crippen LogP contribution in [0.3, 0.4) is 0 Å². The summed E-state index contributed by atoms with van der Waals surface area (Å²) in [5, 5.41) is 4.40. The zero-order valence-corrected chi connectivity index (χ0v) is 13.7. The molecule has 0 spiro atoms. The van der Waals surface area contributed by atoms with E-state index in [2.05, 4.69) is 44.2 Å². The van der Waals surface area contributed by atoms with Gasteiger partial charge in [-0.25, -0.2) is 9.97 Å². The second kappa shape index (κ2) is 6.59. The van der Waals surface area contributed by atoms with E-state index in [1.807, 2.05) is 18.4 Å². The molecule has 0 saturated heterocycles. The lowest BCUT2D eigenvalue weighted by atomic mass is 10.1. The van der Waals surface area contributed by atoms with E-state index in [1.54, 1.807) is 6.07 Å². The van der Waals surface area contributed by atoms with Gasteiger partial charge in [-0.2, -0.15) is 0 Å². The van der Waals surface area contributed by atoms with Gasteiger partial charge in [-0.05, 0) is 36.4 Å². The molecule has 1 aromatic carbocycles. The number of thioether (sulfide) groups is 1. The number of anilines is 2. The summed E-state index contributed by atoms with van der Waals surface area (Å²) >= 11 is 10.9. The molecule has 3 nitrogen and oxygen atoms in total. The summed E-state index contributed by atoms with van der Waals surface area (Å²) in [5.74, 6) is 0.710. The first-order valence-electron chi connectivity index (χ1n) is 5.76. The summed E-state index contributed by atoms with van der Waals surface area (Å²) in [7, 11) is 0. The monoisotopic (exact) mass is 357 g/mol. The molecular formula is C13H13BrClN3S. The highest BCUT2D eigenvalue weighted by Gasteiger charge is 2.06. The van der Waals surface area contributed by atoms with Gasteiger partial charge in [0.1, 0.15) is 11.0 Å². The van der Waals surface area contributed by atoms with Crippen LogP contribution < -0.4 is 5.32 Å². The van der Waals surface area contributed by atoms with Crippen molar-refractivity contribution in [3.63, 3.8) is 0 Å². The zero-order chi connectivity index (χ0) is 13.8. The minimum absolute atomic E-state index is 0.442. The highest BCUT2D eigenvalue weighted by molar-refractivity contribution is 9.10. The summed E-state index contributed by atoms with van der Waals surface area (Å²) < 4.78 is 1.07. The van der Waals surface area contributed by atoms with Crippen molar-refractivity contribution < 1.29 is 0 Å². The van der Waals surface area contributed by atoms with Crippen LogP contribution in [0.1, 0.15) is 12.5 Å². The predicted octanol–water partition coefficient (Wildman–Crippen LogP) is 4.92. The molecule has 0 aliphatic rings. The Labute approximate surface area is 130 Å². The number of aryl methyl sites for hydroxylation is 1. The SMILES string of the molecule is CCc1cc(Br)ccc1Nc1cc(Cl)nc(SC)n1. The molecular weight excluding hydrogens is 346 g/mol. The van der Waals surface area contributed by atoms with E-state index in [1.165, 1.54) is 17.3 Å². The number of halogens is 2. The van der Waals surface area contributed by atoms with E-state index >= 15 is 0 Å². The fourth-order valence-corrected chi connectivity index (χ4v) is 2.69. The normalized spacial score (nSPS) is 10.5. The molecule has 6 heteroatoms. The highest BCUT2D eigenvalue weighted by Crippen LogP contribution is 2.26. The molecule has 0 unspecified atom stereocenters. The number of nitrogens with one attached hydrogen (secondary N) is 1. The summed E-state index contributed by atoms with van der Waals surface area (Å²) in [4.78, 5) is 8.51. The molecule has 100 valence electrons. The lowest BCUT2D eigenvalue weighted by molar-refractivity contribution is 0.975. The Morgan fingerprint density at radius 1 is 1.32 bits per heavy atom. The zero-order valence-electron chi connectivity index (χ0n) is 10.6. The summed E-state index contributed by atoms with van der Waals surface area (Å²) in [6.45, 7) is 2.12. The van der Waals surface area contributed by atoms with Gasteiger partial charge in [-0.15, -0.1) is 0 Å². The molecule has 0 amide bonds. The first-order valence-corrected chi connectivity index (χ1v) is 8.16. The van der Waals surface area contributed by atoms with Crippen LogP contribution in [0, 0.1) is 0 Å². The standard InChI is InChI=1S/C13H13BrClN3S/c1-3-8-6-9(14)4-5-10(8)16-12-7-11(15)17-13(18-12)19-2/h4-7H,3H2,1-2H3,(H,16,17,18). The Morgan fingerprint density at radius 3 is 2.79 bits per heavy atom. The largest absolute Gasteiger partial charge is 0.340 e. The number of rotatable bonds is 4. The average Bonchev–Trinajstić information content (AvgIpc) is 2.40. The molecule has 0 saturated carbocycles. The van der Waals surface area contributed by atoms with Crippen LogP contribution in [-0.2, 0) is 6.42 Å². The molecule has 0 bridgehead atoms. The number of hydrogen-bond acceptors (Lipinski definition) is 4. The lowest BCUT2D eigenvalue weighted by Crippen LogP contribution is -1.99. The second-order valence-electron chi connectivity index (χ2n) is 3.84. The van der Waals surface area contributed by atoms with Gasteiger partial charge >= 0.3 is 0 Å². The average molecular weight is 359 g/mol. The molecule has 2 aromatic rings. The van der Waals surface area contributed by atoms with E-state index in [-0.39, 0.29) is 0 Å². The van der Waals surface area contributed by atoms with E-state index in [4.69, 9.17) is 11.6 Å². The predicted molar refractivity (Wildman–Crippen MR) is 85.6 cm³/mol. The maximum absolute atomic E-state index is 5.98. The van der Waals surface area contributed by atoms with Gasteiger partial charge < -0.3 is 5.32 Å². The van der Waals surface area contributed by atoms with Crippen LogP contribution in [-0.4, -0.2) is 16.2 Å². The van der Waals surface area contributed by atoms with Gasteiger partial charge in [-0.3, -0.25) is 0 Å². The van der Waals surface area contributed by atoms with Crippen LogP contribution in [0.5, 0.6) is 0 Å². The van der Waals surface area contributed by atoms with Crippen LogP contribution in [0.15, 0.2) is 33.9 Å². The maximum Gasteiger partial charge on any atom is 0.190 e. The minimum atomic E-state index is 0.442. The number of benzene rings is 1. The van der Waals surface area contributed by atoms with Crippen molar-refractivity contribution in [2.45, 2.75) is 18.5 Å². The van der Waals surface area contributed by atoms with Crippen molar-refractivity contribution in [1.29, 1.82) is 0 Å². The molecule has 0 atom stereocenters. The molecule has 1 N–H and O–H groups in total. The van der Waals surface area contributed by atoms with E-state index in [0.29, 0.717) is 16.1 Å². The second-order valence-corrected chi connectivity index (χ2v) is 5.92. The first-order chi connectivity index (χ1) is 9.12. The number of nitrogens with zero attached hydrogens (tertiary/aromatic N) is 2. The Kier molecular flexibility index (Phi) is 5.07. The lowest BCUT2D eigenvalue weighted by Gasteiger charge is -2.11. The van der Waals surface area contributed by atoms with Crippen LogP contribution >= 0.6 is 39.3 Å². The van der Waals surface area contributed by atoms with Crippen LogP contribution in [0.2, 0.25) is 5.15 Å². The Morgan fingerprint density at radius 2 is 2.11 bits per heavy atom. The Hall–Kier alpha value is -0.780. The Bertz CT molecular complexity index is 592. The molecule has 0 radical (unpaired) electrons. The molecule has 1 aromatic heterocycles. The third kappa shape index (κ3) is 3.84. The van der Waals surface area contributed by atoms with Gasteiger partial charge in [-0.1, -0.05) is 46.2 Å². The maximum atomic E-state index is 5.98. The van der Waals surface area contributed by atoms with Gasteiger partial charge in [0.25, 0.3) is 0 Å². The summed E-state index contributed by atoms with van der Waals surface area (Å²) in [6, 6.07) is 7.85. The van der Waals surface area contributed by atoms with E-state index in [0.717, 1.165) is 16.6 Å². The fourth-order valence-electron chi connectivity index (χ4n) is 1.67. The molecule has 1 heterocycles. The molecule has 0 aliphatic carbocycles. The van der Waals surface area contributed by atoms with E-state index in [9.17, 15) is 0 Å². The molecule has 19 heavy (non-hydrogen) atoms. The van der Waals surface area contributed by atoms with Crippen molar-refractivity contribution in [2.24, 2.45) is 0 Å². The van der Waals surface area contributed by atoms with Crippen molar-refractivity contribution >= 4 is 50.8 Å². The van der Waals surface area contributed by atoms with E-state index < -0.39 is 0 Å². The third-order valence-electron chi connectivity index (χ3n) is 2.57. The summed E-state index contributed by atoms with van der Waals surface area (Å²) in [5.41, 5.74) is 2.25. The van der Waals surface area contributed by atoms with Gasteiger partial charge in [0.05, 0.1) is 0 Å². The topological polar surface area (TPSA) is 37.8 Å². The van der Waals surface area contributed by atoms with Crippen LogP contribution in [0.4, 0.5) is 11.5 Å². The number of aromatic nitrogens is 2. The van der Waals surface area contributed by atoms with Crippen LogP contribution in [0.25, 0.3) is 0 Å². The smallest absolute Gasteiger partial charge is 0.190 e. The molecule has 2 rings (SSSR count). The first kappa shape index (κ1) is 14.6. The van der Waals surface area contributed by atoms with Crippen molar-refractivity contribution in [2.75, 3.05) is 11.6 Å². The molecule has 0 fully saturated rings. The van der Waals surface area contributed by atoms with Gasteiger partial charge in [0.15, 0.2) is 5.16 Å². The quantitative estimate of drug-likeness (QED) is 0.478. The van der Waals surface area contributed by atoms with Crippen molar-refractivity contribution in [3.8, 4) is 0 Å². The summed E-state index contributed by atoms with van der Waals surface area (Å²) in [6.07, 6.45) is 2.86. The third-order valence-corrected chi connectivity index (χ3v) is 3.80. The van der Waals surface area contributed by atoms with Crippen molar-refractivity contribution in [3.05, 3.63) is 39.5 Å². The highest BCUT2D eigenvalue weighted by atomic mass is 79.9. The Balaban J connectivity index is 2.33. The van der Waals surface area contributed by atoms with Gasteiger partial charge in [0, 0.05) is 16.2 Å². The molecule has 0 aliphatic heterocycles.